The van der Waals surface area contributed by atoms with E-state index in [2.05, 4.69) is 10.3 Å². The van der Waals surface area contributed by atoms with E-state index in [4.69, 9.17) is 4.74 Å². The van der Waals surface area contributed by atoms with Crippen LogP contribution in [-0.2, 0) is 4.74 Å². The summed E-state index contributed by atoms with van der Waals surface area (Å²) in [4.78, 5) is 32.4. The van der Waals surface area contributed by atoms with Crippen molar-refractivity contribution in [3.8, 4) is 0 Å². The number of nitrogens with one attached hydrogen (secondary N) is 1. The Kier molecular flexibility index (Phi) is 6.90. The van der Waals surface area contributed by atoms with E-state index < -0.39 is 0 Å². The predicted molar refractivity (Wildman–Crippen MR) is 104 cm³/mol. The van der Waals surface area contributed by atoms with Crippen molar-refractivity contribution >= 4 is 17.7 Å². The van der Waals surface area contributed by atoms with Crippen molar-refractivity contribution < 1.29 is 14.3 Å². The van der Waals surface area contributed by atoms with Crippen LogP contribution in [0.1, 0.15) is 55.9 Å². The number of nitrogens with zero attached hydrogens (tertiary/aromatic N) is 3. The van der Waals surface area contributed by atoms with E-state index in [9.17, 15) is 9.59 Å². The number of carbonyl (C=O) groups excluding carboxylic acids is 2. The molecule has 0 aromatic carbocycles. The van der Waals surface area contributed by atoms with Gasteiger partial charge >= 0.3 is 6.09 Å². The zero-order valence-corrected chi connectivity index (χ0v) is 16.2. The van der Waals surface area contributed by atoms with Gasteiger partial charge in [-0.15, -0.1) is 0 Å². The van der Waals surface area contributed by atoms with Gasteiger partial charge in [0.1, 0.15) is 5.69 Å². The largest absolute Gasteiger partial charge is 0.450 e. The van der Waals surface area contributed by atoms with E-state index in [1.807, 2.05) is 24.0 Å². The Balaban J connectivity index is 1.49. The summed E-state index contributed by atoms with van der Waals surface area (Å²) in [6, 6.07) is 4.03. The molecule has 2 saturated heterocycles. The molecule has 27 heavy (non-hydrogen) atoms. The van der Waals surface area contributed by atoms with Crippen LogP contribution in [0.5, 0.6) is 0 Å². The van der Waals surface area contributed by atoms with Gasteiger partial charge in [0.15, 0.2) is 0 Å². The number of pyridine rings is 1. The van der Waals surface area contributed by atoms with Crippen LogP contribution < -0.4 is 5.32 Å². The first-order chi connectivity index (χ1) is 13.2. The summed E-state index contributed by atoms with van der Waals surface area (Å²) in [7, 11) is 0. The van der Waals surface area contributed by atoms with Gasteiger partial charge in [0.25, 0.3) is 5.91 Å². The normalized spacial score (nSPS) is 18.7. The monoisotopic (exact) mass is 374 g/mol. The van der Waals surface area contributed by atoms with Gasteiger partial charge in [0, 0.05) is 32.2 Å². The van der Waals surface area contributed by atoms with Gasteiger partial charge in [-0.3, -0.25) is 4.79 Å². The Labute approximate surface area is 161 Å². The highest BCUT2D eigenvalue weighted by Gasteiger charge is 2.24. The van der Waals surface area contributed by atoms with Crippen molar-refractivity contribution in [1.82, 2.24) is 14.8 Å². The summed E-state index contributed by atoms with van der Waals surface area (Å²) in [5, 5.41) is 3.46. The van der Waals surface area contributed by atoms with Gasteiger partial charge in [-0.2, -0.15) is 0 Å². The third kappa shape index (κ3) is 5.34. The highest BCUT2D eigenvalue weighted by atomic mass is 16.6. The molecule has 3 rings (SSSR count). The van der Waals surface area contributed by atoms with E-state index in [1.165, 1.54) is 12.8 Å². The van der Waals surface area contributed by atoms with Crippen LogP contribution in [0.2, 0.25) is 0 Å². The number of carbonyl (C=O) groups is 2. The van der Waals surface area contributed by atoms with Crippen molar-refractivity contribution in [3.05, 3.63) is 24.0 Å². The Morgan fingerprint density at radius 2 is 1.78 bits per heavy atom. The highest BCUT2D eigenvalue weighted by Crippen LogP contribution is 2.18. The summed E-state index contributed by atoms with van der Waals surface area (Å²) in [5.41, 5.74) is 1.43. The molecular formula is C20H30N4O3. The predicted octanol–water partition coefficient (Wildman–Crippen LogP) is 3.13. The van der Waals surface area contributed by atoms with E-state index in [-0.39, 0.29) is 12.0 Å². The lowest BCUT2D eigenvalue weighted by Gasteiger charge is -2.32. The number of ether oxygens (including phenoxy) is 1. The third-order valence-electron chi connectivity index (χ3n) is 5.27. The van der Waals surface area contributed by atoms with Gasteiger partial charge in [0.05, 0.1) is 18.5 Å². The molecule has 2 aliphatic heterocycles. The molecule has 0 spiro atoms. The van der Waals surface area contributed by atoms with Crippen molar-refractivity contribution in [1.29, 1.82) is 0 Å². The smallest absolute Gasteiger partial charge is 0.409 e. The molecule has 7 nitrogen and oxygen atoms in total. The first-order valence-corrected chi connectivity index (χ1v) is 10.1. The molecule has 1 aromatic heterocycles. The van der Waals surface area contributed by atoms with Crippen LogP contribution in [0.15, 0.2) is 18.3 Å². The molecule has 0 unspecified atom stereocenters. The van der Waals surface area contributed by atoms with Crippen molar-refractivity contribution in [2.45, 2.75) is 51.5 Å². The number of hydrogen-bond donors (Lipinski definition) is 1. The lowest BCUT2D eigenvalue weighted by Crippen LogP contribution is -2.42. The molecule has 2 fully saturated rings. The van der Waals surface area contributed by atoms with E-state index in [0.717, 1.165) is 44.5 Å². The zero-order valence-electron chi connectivity index (χ0n) is 16.2. The Hall–Kier alpha value is -2.31. The van der Waals surface area contributed by atoms with Gasteiger partial charge in [-0.25, -0.2) is 9.78 Å². The third-order valence-corrected chi connectivity index (χ3v) is 5.27. The SMILES string of the molecule is CCOC(=O)N1CCC(Nc2ccc(C(=O)N3CCCCCC3)nc2)CC1. The molecule has 7 heteroatoms. The number of hydrogen-bond acceptors (Lipinski definition) is 5. The Morgan fingerprint density at radius 3 is 2.37 bits per heavy atom. The Bertz CT molecular complexity index is 619. The molecule has 148 valence electrons. The van der Waals surface area contributed by atoms with Gasteiger partial charge in [-0.1, -0.05) is 12.8 Å². The second kappa shape index (κ2) is 9.58. The van der Waals surface area contributed by atoms with Crippen LogP contribution in [0, 0.1) is 0 Å². The summed E-state index contributed by atoms with van der Waals surface area (Å²) in [5.74, 6) is 0.0335. The maximum absolute atomic E-state index is 12.6. The number of likely N-dealkylation sites (tertiary alicyclic amines) is 2. The number of piperidine rings is 1. The molecule has 0 atom stereocenters. The topological polar surface area (TPSA) is 74.8 Å². The fourth-order valence-corrected chi connectivity index (χ4v) is 3.70. The summed E-state index contributed by atoms with van der Waals surface area (Å²) >= 11 is 0. The van der Waals surface area contributed by atoms with Crippen LogP contribution in [0.3, 0.4) is 0 Å². The molecule has 2 amide bonds. The average Bonchev–Trinajstić information content (AvgIpc) is 2.98. The molecule has 1 N–H and O–H groups in total. The van der Waals surface area contributed by atoms with Crippen LogP contribution in [0.4, 0.5) is 10.5 Å². The van der Waals surface area contributed by atoms with E-state index in [0.29, 0.717) is 31.4 Å². The second-order valence-corrected chi connectivity index (χ2v) is 7.24. The molecular weight excluding hydrogens is 344 g/mol. The van der Waals surface area contributed by atoms with Crippen LogP contribution in [0.25, 0.3) is 0 Å². The highest BCUT2D eigenvalue weighted by molar-refractivity contribution is 5.92. The van der Waals surface area contributed by atoms with Gasteiger partial charge in [-0.05, 0) is 44.7 Å². The maximum atomic E-state index is 12.6. The minimum atomic E-state index is -0.228. The lowest BCUT2D eigenvalue weighted by molar-refractivity contribution is 0.0755. The molecule has 0 bridgehead atoms. The summed E-state index contributed by atoms with van der Waals surface area (Å²) < 4.78 is 5.05. The molecule has 0 saturated carbocycles. The average molecular weight is 374 g/mol. The minimum Gasteiger partial charge on any atom is -0.450 e. The summed E-state index contributed by atoms with van der Waals surface area (Å²) in [6.45, 7) is 5.27. The second-order valence-electron chi connectivity index (χ2n) is 7.24. The number of anilines is 1. The first kappa shape index (κ1) is 19.5. The minimum absolute atomic E-state index is 0.0335. The number of aromatic nitrogens is 1. The van der Waals surface area contributed by atoms with Gasteiger partial charge in [0.2, 0.25) is 0 Å². The van der Waals surface area contributed by atoms with E-state index in [1.54, 1.807) is 11.1 Å². The molecule has 0 aliphatic carbocycles. The number of amides is 2. The van der Waals surface area contributed by atoms with Crippen molar-refractivity contribution in [2.75, 3.05) is 38.1 Å². The van der Waals surface area contributed by atoms with Crippen molar-refractivity contribution in [2.24, 2.45) is 0 Å². The fraction of sp³-hybridized carbons (Fsp3) is 0.650. The first-order valence-electron chi connectivity index (χ1n) is 10.1. The van der Waals surface area contributed by atoms with Gasteiger partial charge < -0.3 is 19.9 Å². The quantitative estimate of drug-likeness (QED) is 0.876. The number of rotatable bonds is 4. The summed E-state index contributed by atoms with van der Waals surface area (Å²) in [6.07, 6.45) is 7.81. The molecule has 0 radical (unpaired) electrons. The van der Waals surface area contributed by atoms with Crippen LogP contribution >= 0.6 is 0 Å². The fourth-order valence-electron chi connectivity index (χ4n) is 3.70. The van der Waals surface area contributed by atoms with E-state index >= 15 is 0 Å². The molecule has 3 heterocycles. The molecule has 2 aliphatic rings. The zero-order chi connectivity index (χ0) is 19.1. The molecule has 1 aromatic rings. The Morgan fingerprint density at radius 1 is 1.07 bits per heavy atom. The lowest BCUT2D eigenvalue weighted by atomic mass is 10.1. The van der Waals surface area contributed by atoms with Crippen LogP contribution in [-0.4, -0.2) is 65.6 Å². The maximum Gasteiger partial charge on any atom is 0.409 e. The standard InChI is InChI=1S/C20H30N4O3/c1-2-27-20(26)24-13-9-16(10-14-24)22-17-7-8-18(21-15-17)19(25)23-11-5-3-4-6-12-23/h7-8,15-16,22H,2-6,9-14H2,1H3. The van der Waals surface area contributed by atoms with Crippen molar-refractivity contribution in [3.63, 3.8) is 0 Å².